The lowest BCUT2D eigenvalue weighted by Gasteiger charge is -2.09. The molecule has 2 N–H and O–H groups in total. The van der Waals surface area contributed by atoms with E-state index in [1.165, 1.54) is 24.3 Å². The van der Waals surface area contributed by atoms with E-state index in [0.717, 1.165) is 12.1 Å². The Morgan fingerprint density at radius 2 is 1.95 bits per heavy atom. The Balaban J connectivity index is 2.13. The smallest absolute Gasteiger partial charge is 0.142 e. The Hall–Kier alpha value is -2.61. The molecule has 0 radical (unpaired) electrons. The van der Waals surface area contributed by atoms with Gasteiger partial charge in [0.05, 0.1) is 17.3 Å². The molecule has 0 heterocycles. The fraction of sp³-hybridized carbons (Fsp3) is 0.0714. The second kappa shape index (κ2) is 5.36. The number of ether oxygens (including phenoxy) is 1. The Labute approximate surface area is 108 Å². The van der Waals surface area contributed by atoms with E-state index in [9.17, 15) is 8.78 Å². The van der Waals surface area contributed by atoms with Crippen LogP contribution in [0.3, 0.4) is 0 Å². The number of benzene rings is 2. The minimum absolute atomic E-state index is 0.0482. The van der Waals surface area contributed by atoms with Gasteiger partial charge in [-0.05, 0) is 24.3 Å². The van der Waals surface area contributed by atoms with Gasteiger partial charge in [0.15, 0.2) is 0 Å². The van der Waals surface area contributed by atoms with Gasteiger partial charge in [-0.3, -0.25) is 0 Å². The van der Waals surface area contributed by atoms with Crippen LogP contribution in [-0.2, 0) is 6.61 Å². The lowest BCUT2D eigenvalue weighted by atomic mass is 10.1. The van der Waals surface area contributed by atoms with Crippen LogP contribution in [0.15, 0.2) is 36.4 Å². The first-order valence-corrected chi connectivity index (χ1v) is 5.46. The molecule has 0 aliphatic rings. The molecule has 5 heteroatoms. The lowest BCUT2D eigenvalue weighted by molar-refractivity contribution is 0.301. The minimum Gasteiger partial charge on any atom is -0.487 e. The van der Waals surface area contributed by atoms with Crippen molar-refractivity contribution in [3.63, 3.8) is 0 Å². The molecule has 0 unspecified atom stereocenters. The van der Waals surface area contributed by atoms with Gasteiger partial charge in [0, 0.05) is 11.6 Å². The Morgan fingerprint density at radius 1 is 1.16 bits per heavy atom. The van der Waals surface area contributed by atoms with Crippen LogP contribution in [0.2, 0.25) is 0 Å². The van der Waals surface area contributed by atoms with Crippen molar-refractivity contribution in [1.82, 2.24) is 0 Å². The van der Waals surface area contributed by atoms with E-state index in [1.54, 1.807) is 0 Å². The summed E-state index contributed by atoms with van der Waals surface area (Å²) in [6.45, 7) is -0.0482. The number of hydrogen-bond donors (Lipinski definition) is 1. The summed E-state index contributed by atoms with van der Waals surface area (Å²) in [6.07, 6.45) is 0. The highest BCUT2D eigenvalue weighted by molar-refractivity contribution is 5.52. The number of nitrogens with two attached hydrogens (primary N) is 1. The van der Waals surface area contributed by atoms with Crippen molar-refractivity contribution < 1.29 is 13.5 Å². The van der Waals surface area contributed by atoms with Gasteiger partial charge in [-0.15, -0.1) is 0 Å². The zero-order chi connectivity index (χ0) is 13.8. The number of hydrogen-bond acceptors (Lipinski definition) is 3. The minimum atomic E-state index is -0.528. The van der Waals surface area contributed by atoms with E-state index in [4.69, 9.17) is 15.7 Å². The van der Waals surface area contributed by atoms with Gasteiger partial charge in [-0.1, -0.05) is 6.07 Å². The first-order chi connectivity index (χ1) is 9.10. The van der Waals surface area contributed by atoms with E-state index in [2.05, 4.69) is 0 Å². The largest absolute Gasteiger partial charge is 0.487 e. The Kier molecular flexibility index (Phi) is 3.62. The van der Waals surface area contributed by atoms with E-state index >= 15 is 0 Å². The fourth-order valence-electron chi connectivity index (χ4n) is 1.54. The standard InChI is InChI=1S/C14H10F2N2O/c15-11-3-4-14(13(18)6-11)19-8-10-2-1-9(7-17)5-12(10)16/h1-6H,8,18H2. The normalized spacial score (nSPS) is 9.95. The summed E-state index contributed by atoms with van der Waals surface area (Å²) in [5.41, 5.74) is 6.25. The highest BCUT2D eigenvalue weighted by Crippen LogP contribution is 2.23. The molecule has 2 aromatic rings. The Morgan fingerprint density at radius 3 is 2.58 bits per heavy atom. The van der Waals surface area contributed by atoms with Crippen LogP contribution in [0.5, 0.6) is 5.75 Å². The maximum atomic E-state index is 13.6. The molecule has 2 rings (SSSR count). The zero-order valence-corrected chi connectivity index (χ0v) is 9.86. The molecule has 96 valence electrons. The average Bonchev–Trinajstić information content (AvgIpc) is 2.39. The number of nitrogens with zero attached hydrogens (tertiary/aromatic N) is 1. The van der Waals surface area contributed by atoms with Crippen molar-refractivity contribution in [2.75, 3.05) is 5.73 Å². The van der Waals surface area contributed by atoms with Crippen LogP contribution in [0.1, 0.15) is 11.1 Å². The molecular formula is C14H10F2N2O. The van der Waals surface area contributed by atoms with Gasteiger partial charge < -0.3 is 10.5 Å². The number of halogens is 2. The number of anilines is 1. The van der Waals surface area contributed by atoms with Gasteiger partial charge in [-0.2, -0.15) is 5.26 Å². The first-order valence-electron chi connectivity index (χ1n) is 5.46. The molecular weight excluding hydrogens is 250 g/mol. The quantitative estimate of drug-likeness (QED) is 0.863. The van der Waals surface area contributed by atoms with Crippen LogP contribution in [0.25, 0.3) is 0 Å². The molecule has 0 amide bonds. The van der Waals surface area contributed by atoms with Crippen LogP contribution in [-0.4, -0.2) is 0 Å². The molecule has 0 saturated carbocycles. The van der Waals surface area contributed by atoms with Gasteiger partial charge in [-0.25, -0.2) is 8.78 Å². The first kappa shape index (κ1) is 12.8. The van der Waals surface area contributed by atoms with Gasteiger partial charge in [0.1, 0.15) is 24.0 Å². The van der Waals surface area contributed by atoms with Crippen molar-refractivity contribution in [3.05, 3.63) is 59.2 Å². The number of nitriles is 1. The van der Waals surface area contributed by atoms with Crippen molar-refractivity contribution >= 4 is 5.69 Å². The summed E-state index contributed by atoms with van der Waals surface area (Å²) in [4.78, 5) is 0. The molecule has 2 aromatic carbocycles. The molecule has 0 spiro atoms. The topological polar surface area (TPSA) is 59.0 Å². The molecule has 19 heavy (non-hydrogen) atoms. The molecule has 0 bridgehead atoms. The van der Waals surface area contributed by atoms with Gasteiger partial charge >= 0.3 is 0 Å². The van der Waals surface area contributed by atoms with Gasteiger partial charge in [0.25, 0.3) is 0 Å². The molecule has 3 nitrogen and oxygen atoms in total. The van der Waals surface area contributed by atoms with Crippen LogP contribution >= 0.6 is 0 Å². The molecule has 0 fully saturated rings. The second-order valence-corrected chi connectivity index (χ2v) is 3.89. The summed E-state index contributed by atoms with van der Waals surface area (Å²) in [7, 11) is 0. The van der Waals surface area contributed by atoms with E-state index in [-0.39, 0.29) is 23.6 Å². The maximum Gasteiger partial charge on any atom is 0.142 e. The maximum absolute atomic E-state index is 13.6. The van der Waals surface area contributed by atoms with Crippen LogP contribution in [0, 0.1) is 23.0 Å². The Bertz CT molecular complexity index is 650. The molecule has 0 saturated heterocycles. The van der Waals surface area contributed by atoms with Gasteiger partial charge in [0.2, 0.25) is 0 Å². The van der Waals surface area contributed by atoms with Crippen LogP contribution < -0.4 is 10.5 Å². The highest BCUT2D eigenvalue weighted by Gasteiger charge is 2.06. The summed E-state index contributed by atoms with van der Waals surface area (Å²) < 4.78 is 31.7. The number of rotatable bonds is 3. The predicted molar refractivity (Wildman–Crippen MR) is 66.3 cm³/mol. The zero-order valence-electron chi connectivity index (χ0n) is 9.86. The van der Waals surface area contributed by atoms with Crippen molar-refractivity contribution in [2.45, 2.75) is 6.61 Å². The molecule has 0 aliphatic heterocycles. The summed E-state index contributed by atoms with van der Waals surface area (Å²) in [5.74, 6) is -0.709. The van der Waals surface area contributed by atoms with E-state index in [1.807, 2.05) is 6.07 Å². The van der Waals surface area contributed by atoms with Crippen molar-refractivity contribution in [2.24, 2.45) is 0 Å². The van der Waals surface area contributed by atoms with Crippen molar-refractivity contribution in [3.8, 4) is 11.8 Å². The summed E-state index contributed by atoms with van der Waals surface area (Å²) >= 11 is 0. The third-order valence-electron chi connectivity index (χ3n) is 2.54. The summed E-state index contributed by atoms with van der Waals surface area (Å²) in [5, 5.41) is 8.62. The molecule has 0 atom stereocenters. The summed E-state index contributed by atoms with van der Waals surface area (Å²) in [6, 6.07) is 9.65. The van der Waals surface area contributed by atoms with Crippen molar-refractivity contribution in [1.29, 1.82) is 5.26 Å². The third kappa shape index (κ3) is 2.99. The van der Waals surface area contributed by atoms with E-state index in [0.29, 0.717) is 5.56 Å². The van der Waals surface area contributed by atoms with E-state index < -0.39 is 11.6 Å². The average molecular weight is 260 g/mol. The predicted octanol–water partition coefficient (Wildman–Crippen LogP) is 3.00. The third-order valence-corrected chi connectivity index (χ3v) is 2.54. The molecule has 0 aromatic heterocycles. The lowest BCUT2D eigenvalue weighted by Crippen LogP contribution is -2.01. The highest BCUT2D eigenvalue weighted by atomic mass is 19.1. The number of nitrogen functional groups attached to an aromatic ring is 1. The SMILES string of the molecule is N#Cc1ccc(COc2ccc(F)cc2N)c(F)c1. The van der Waals surface area contributed by atoms with Crippen LogP contribution in [0.4, 0.5) is 14.5 Å². The molecule has 0 aliphatic carbocycles. The monoisotopic (exact) mass is 260 g/mol. The second-order valence-electron chi connectivity index (χ2n) is 3.89. The fourth-order valence-corrected chi connectivity index (χ4v) is 1.54.